The van der Waals surface area contributed by atoms with Crippen molar-refractivity contribution in [2.45, 2.75) is 32.7 Å². The zero-order valence-electron chi connectivity index (χ0n) is 13.5. The Balaban J connectivity index is 2.27. The molecule has 2 rings (SSSR count). The van der Waals surface area contributed by atoms with E-state index in [4.69, 9.17) is 4.42 Å². The number of aldehydes is 1. The van der Waals surface area contributed by atoms with Crippen molar-refractivity contribution in [3.63, 3.8) is 0 Å². The van der Waals surface area contributed by atoms with E-state index in [9.17, 15) is 9.18 Å². The summed E-state index contributed by atoms with van der Waals surface area (Å²) in [6, 6.07) is 5.97. The molecule has 0 aliphatic carbocycles. The normalized spacial score (nSPS) is 11.5. The first kappa shape index (κ1) is 16.9. The molecule has 1 aromatic carbocycles. The molecule has 0 spiro atoms. The minimum absolute atomic E-state index is 0.260. The Morgan fingerprint density at radius 3 is 2.87 bits per heavy atom. The van der Waals surface area contributed by atoms with E-state index in [0.29, 0.717) is 18.5 Å². The minimum Gasteiger partial charge on any atom is -0.472 e. The fraction of sp³-hybridized carbons (Fsp3) is 0.333. The van der Waals surface area contributed by atoms with Crippen LogP contribution < -0.4 is 0 Å². The predicted octanol–water partition coefficient (Wildman–Crippen LogP) is 4.58. The topological polar surface area (TPSA) is 45.8 Å². The van der Waals surface area contributed by atoms with Crippen molar-refractivity contribution in [1.82, 2.24) is 4.90 Å². The van der Waals surface area contributed by atoms with Crippen LogP contribution in [0.5, 0.6) is 0 Å². The summed E-state index contributed by atoms with van der Waals surface area (Å²) in [7, 11) is 1.95. The van der Waals surface area contributed by atoms with Gasteiger partial charge >= 0.3 is 0 Å². The van der Waals surface area contributed by atoms with Crippen LogP contribution in [0.2, 0.25) is 0 Å². The highest BCUT2D eigenvalue weighted by Crippen LogP contribution is 2.21. The summed E-state index contributed by atoms with van der Waals surface area (Å²) >= 11 is 0. The fourth-order valence-electron chi connectivity index (χ4n) is 2.28. The second kappa shape index (κ2) is 8.27. The molecule has 4 nitrogen and oxygen atoms in total. The average molecular weight is 316 g/mol. The van der Waals surface area contributed by atoms with Gasteiger partial charge in [-0.3, -0.25) is 4.79 Å². The molecule has 5 heteroatoms. The first-order valence-electron chi connectivity index (χ1n) is 7.68. The van der Waals surface area contributed by atoms with Crippen LogP contribution in [0.25, 0.3) is 0 Å². The van der Waals surface area contributed by atoms with Crippen molar-refractivity contribution in [2.75, 3.05) is 7.05 Å². The second-order valence-electron chi connectivity index (χ2n) is 5.44. The van der Waals surface area contributed by atoms with Crippen molar-refractivity contribution in [1.29, 1.82) is 0 Å². The molecule has 0 saturated heterocycles. The highest BCUT2D eigenvalue weighted by molar-refractivity contribution is 5.89. The smallest absolute Gasteiger partial charge is 0.152 e. The Hall–Kier alpha value is -2.43. The molecule has 0 N–H and O–H groups in total. The number of hydrogen-bond acceptors (Lipinski definition) is 3. The van der Waals surface area contributed by atoms with Gasteiger partial charge in [-0.2, -0.15) is 0 Å². The van der Waals surface area contributed by atoms with Gasteiger partial charge in [-0.05, 0) is 30.7 Å². The summed E-state index contributed by atoms with van der Waals surface area (Å²) in [6.07, 6.45) is 6.80. The van der Waals surface area contributed by atoms with E-state index in [1.165, 1.54) is 18.2 Å². The van der Waals surface area contributed by atoms with Crippen molar-refractivity contribution < 1.29 is 13.6 Å². The molecule has 0 radical (unpaired) electrons. The molecule has 0 amide bonds. The Labute approximate surface area is 135 Å². The first-order chi connectivity index (χ1) is 11.1. The van der Waals surface area contributed by atoms with Gasteiger partial charge < -0.3 is 9.32 Å². The highest BCUT2D eigenvalue weighted by Gasteiger charge is 2.10. The summed E-state index contributed by atoms with van der Waals surface area (Å²) in [6.45, 7) is 2.78. The third-order valence-electron chi connectivity index (χ3n) is 3.56. The van der Waals surface area contributed by atoms with E-state index < -0.39 is 5.82 Å². The highest BCUT2D eigenvalue weighted by atomic mass is 19.1. The van der Waals surface area contributed by atoms with Gasteiger partial charge in [-0.25, -0.2) is 9.38 Å². The molecular formula is C18H21FN2O2. The Kier molecular flexibility index (Phi) is 6.09. The van der Waals surface area contributed by atoms with E-state index in [1.807, 2.05) is 18.0 Å². The first-order valence-corrected chi connectivity index (χ1v) is 7.68. The van der Waals surface area contributed by atoms with Crippen LogP contribution in [0.3, 0.4) is 0 Å². The Morgan fingerprint density at radius 1 is 1.39 bits per heavy atom. The maximum Gasteiger partial charge on any atom is 0.152 e. The second-order valence-corrected chi connectivity index (χ2v) is 5.44. The Bertz CT molecular complexity index is 666. The van der Waals surface area contributed by atoms with Crippen LogP contribution in [0.1, 0.15) is 42.1 Å². The number of carbonyl (C=O) groups excluding carboxylic acids is 1. The maximum absolute atomic E-state index is 13.3. The number of amidine groups is 1. The third-order valence-corrected chi connectivity index (χ3v) is 3.56. The van der Waals surface area contributed by atoms with Crippen molar-refractivity contribution in [3.8, 4) is 0 Å². The van der Waals surface area contributed by atoms with Gasteiger partial charge in [0.15, 0.2) is 6.29 Å². The number of hydrogen-bond donors (Lipinski definition) is 0. The number of benzene rings is 1. The minimum atomic E-state index is -0.437. The SMILES string of the molecule is CCCCC(=Nc1ccc(F)cc1C=O)N(C)Cc1ccoc1. The lowest BCUT2D eigenvalue weighted by Crippen LogP contribution is -2.26. The number of rotatable bonds is 7. The maximum atomic E-state index is 13.3. The molecule has 122 valence electrons. The summed E-state index contributed by atoms with van der Waals surface area (Å²) in [5.41, 5.74) is 1.80. The average Bonchev–Trinajstić information content (AvgIpc) is 3.05. The summed E-state index contributed by atoms with van der Waals surface area (Å²) < 4.78 is 18.3. The lowest BCUT2D eigenvalue weighted by molar-refractivity contribution is 0.112. The number of unbranched alkanes of at least 4 members (excludes halogenated alkanes) is 1. The van der Waals surface area contributed by atoms with E-state index >= 15 is 0 Å². The lowest BCUT2D eigenvalue weighted by Gasteiger charge is -2.21. The zero-order chi connectivity index (χ0) is 16.7. The largest absolute Gasteiger partial charge is 0.472 e. The number of carbonyl (C=O) groups is 1. The Morgan fingerprint density at radius 2 is 2.22 bits per heavy atom. The van der Waals surface area contributed by atoms with Crippen LogP contribution in [-0.2, 0) is 6.54 Å². The number of furan rings is 1. The van der Waals surface area contributed by atoms with E-state index in [1.54, 1.807) is 12.5 Å². The lowest BCUT2D eigenvalue weighted by atomic mass is 10.1. The zero-order valence-corrected chi connectivity index (χ0v) is 13.5. The predicted molar refractivity (Wildman–Crippen MR) is 88.6 cm³/mol. The fourth-order valence-corrected chi connectivity index (χ4v) is 2.28. The molecule has 0 atom stereocenters. The van der Waals surface area contributed by atoms with Crippen LogP contribution >= 0.6 is 0 Å². The summed E-state index contributed by atoms with van der Waals surface area (Å²) in [5, 5.41) is 0. The third kappa shape index (κ3) is 4.77. The van der Waals surface area contributed by atoms with Gasteiger partial charge in [0.1, 0.15) is 11.7 Å². The van der Waals surface area contributed by atoms with Crippen LogP contribution in [0.4, 0.5) is 10.1 Å². The van der Waals surface area contributed by atoms with Gasteiger partial charge in [-0.15, -0.1) is 0 Å². The molecule has 1 aromatic heterocycles. The molecule has 2 aromatic rings. The van der Waals surface area contributed by atoms with Crippen LogP contribution in [0, 0.1) is 5.82 Å². The van der Waals surface area contributed by atoms with Crippen LogP contribution in [0.15, 0.2) is 46.2 Å². The van der Waals surface area contributed by atoms with Crippen molar-refractivity contribution in [2.24, 2.45) is 4.99 Å². The molecular weight excluding hydrogens is 295 g/mol. The van der Waals surface area contributed by atoms with E-state index in [0.717, 1.165) is 30.7 Å². The van der Waals surface area contributed by atoms with E-state index in [-0.39, 0.29) is 5.56 Å². The van der Waals surface area contributed by atoms with Gasteiger partial charge in [0.05, 0.1) is 18.2 Å². The molecule has 0 fully saturated rings. The molecule has 0 unspecified atom stereocenters. The number of aliphatic imine (C=N–C) groups is 1. The van der Waals surface area contributed by atoms with Gasteiger partial charge in [0.2, 0.25) is 0 Å². The summed E-state index contributed by atoms with van der Waals surface area (Å²) in [4.78, 5) is 17.8. The molecule has 0 aliphatic heterocycles. The van der Waals surface area contributed by atoms with Crippen LogP contribution in [-0.4, -0.2) is 24.1 Å². The molecule has 23 heavy (non-hydrogen) atoms. The van der Waals surface area contributed by atoms with Crippen molar-refractivity contribution >= 4 is 17.8 Å². The number of halogens is 1. The standard InChI is InChI=1S/C18H21FN2O2/c1-3-4-5-18(21(2)11-14-8-9-23-13-14)20-17-7-6-16(19)10-15(17)12-22/h6-10,12-13H,3-5,11H2,1-2H3. The quantitative estimate of drug-likeness (QED) is 0.426. The van der Waals surface area contributed by atoms with Gasteiger partial charge in [0.25, 0.3) is 0 Å². The molecule has 0 aliphatic rings. The summed E-state index contributed by atoms with van der Waals surface area (Å²) in [5.74, 6) is 0.427. The molecule has 1 heterocycles. The van der Waals surface area contributed by atoms with Crippen molar-refractivity contribution in [3.05, 3.63) is 53.7 Å². The molecule has 0 saturated carbocycles. The monoisotopic (exact) mass is 316 g/mol. The van der Waals surface area contributed by atoms with E-state index in [2.05, 4.69) is 11.9 Å². The molecule has 0 bridgehead atoms. The van der Waals surface area contributed by atoms with Gasteiger partial charge in [0, 0.05) is 31.1 Å². The van der Waals surface area contributed by atoms with Gasteiger partial charge in [-0.1, -0.05) is 13.3 Å². The number of nitrogens with zero attached hydrogens (tertiary/aromatic N) is 2.